The van der Waals surface area contributed by atoms with E-state index in [1.54, 1.807) is 6.33 Å². The van der Waals surface area contributed by atoms with Gasteiger partial charge in [0.05, 0.1) is 41.2 Å². The zero-order valence-electron chi connectivity index (χ0n) is 18.5. The molecule has 33 heavy (non-hydrogen) atoms. The predicted molar refractivity (Wildman–Crippen MR) is 130 cm³/mol. The predicted octanol–water partition coefficient (Wildman–Crippen LogP) is 4.78. The molecule has 6 rings (SSSR count). The lowest BCUT2D eigenvalue weighted by molar-refractivity contribution is 0.347. The summed E-state index contributed by atoms with van der Waals surface area (Å²) < 4.78 is 2.09. The molecule has 7 heteroatoms. The minimum Gasteiger partial charge on any atom is -0.343 e. The summed E-state index contributed by atoms with van der Waals surface area (Å²) in [5.74, 6) is 0. The van der Waals surface area contributed by atoms with Crippen LogP contribution in [0.2, 0.25) is 0 Å². The Labute approximate surface area is 191 Å². The van der Waals surface area contributed by atoms with Gasteiger partial charge in [0.15, 0.2) is 0 Å². The number of aromatic amines is 1. The van der Waals surface area contributed by atoms with Crippen molar-refractivity contribution in [3.05, 3.63) is 73.1 Å². The highest BCUT2D eigenvalue weighted by atomic mass is 15.3. The van der Waals surface area contributed by atoms with Gasteiger partial charge in [0.1, 0.15) is 0 Å². The summed E-state index contributed by atoms with van der Waals surface area (Å²) in [4.78, 5) is 17.2. The van der Waals surface area contributed by atoms with Crippen molar-refractivity contribution < 1.29 is 0 Å². The highest BCUT2D eigenvalue weighted by Crippen LogP contribution is 2.31. The first-order chi connectivity index (χ1) is 16.2. The molecule has 0 bridgehead atoms. The van der Waals surface area contributed by atoms with E-state index in [9.17, 15) is 0 Å². The number of pyridine rings is 2. The number of nitrogens with zero attached hydrogens (tertiary/aromatic N) is 5. The number of aryl methyl sites for hydroxylation is 1. The summed E-state index contributed by atoms with van der Waals surface area (Å²) in [6.45, 7) is 4.07. The maximum atomic E-state index is 4.70. The minimum absolute atomic E-state index is 0.417. The monoisotopic (exact) mass is 435 g/mol. The van der Waals surface area contributed by atoms with Crippen molar-refractivity contribution in [2.45, 2.75) is 25.8 Å². The number of hydrogen-bond donors (Lipinski definition) is 2. The number of H-pyrrole nitrogens is 1. The van der Waals surface area contributed by atoms with Crippen LogP contribution in [0, 0.1) is 6.92 Å². The maximum Gasteiger partial charge on any atom is 0.0977 e. The standard InChI is InChI=1S/C26H25N7/c1-17-4-2-6-24(32-17)26-25(29-16-30-26)18-7-8-23-19(10-18)11-20(12-28-23)21-13-31-33(15-21)22-5-3-9-27-14-22/h2,4,6-8,10-13,15-16,22,27H,3,5,9,14H2,1H3,(H,29,30). The number of rotatable bonds is 4. The van der Waals surface area contributed by atoms with E-state index < -0.39 is 0 Å². The van der Waals surface area contributed by atoms with Crippen LogP contribution in [0.3, 0.4) is 0 Å². The number of benzene rings is 1. The number of imidazole rings is 1. The van der Waals surface area contributed by atoms with Crippen LogP contribution in [0.4, 0.5) is 0 Å². The Morgan fingerprint density at radius 3 is 2.82 bits per heavy atom. The molecule has 1 fully saturated rings. The molecular formula is C26H25N7. The Kier molecular flexibility index (Phi) is 4.96. The van der Waals surface area contributed by atoms with E-state index in [1.807, 2.05) is 43.6 Å². The summed E-state index contributed by atoms with van der Waals surface area (Å²) in [7, 11) is 0. The van der Waals surface area contributed by atoms with Gasteiger partial charge in [0.25, 0.3) is 0 Å². The summed E-state index contributed by atoms with van der Waals surface area (Å²) in [5, 5.41) is 9.17. The molecule has 164 valence electrons. The largest absolute Gasteiger partial charge is 0.343 e. The number of aromatic nitrogens is 6. The van der Waals surface area contributed by atoms with Crippen molar-refractivity contribution in [2.24, 2.45) is 0 Å². The molecule has 1 saturated heterocycles. The van der Waals surface area contributed by atoms with Gasteiger partial charge in [-0.1, -0.05) is 12.1 Å². The SMILES string of the molecule is Cc1cccc(-c2[nH]cnc2-c2ccc3ncc(-c4cnn(C5CCCNC5)c4)cc3c2)n1. The van der Waals surface area contributed by atoms with E-state index in [0.29, 0.717) is 6.04 Å². The molecule has 0 spiro atoms. The Morgan fingerprint density at radius 2 is 1.94 bits per heavy atom. The van der Waals surface area contributed by atoms with Crippen molar-refractivity contribution in [1.82, 2.24) is 35.0 Å². The smallest absolute Gasteiger partial charge is 0.0977 e. The molecule has 0 amide bonds. The fraction of sp³-hybridized carbons (Fsp3) is 0.231. The Hall–Kier alpha value is -3.84. The molecule has 1 aliphatic heterocycles. The van der Waals surface area contributed by atoms with Gasteiger partial charge in [-0.05, 0) is 56.6 Å². The molecule has 0 saturated carbocycles. The van der Waals surface area contributed by atoms with E-state index >= 15 is 0 Å². The normalized spacial score (nSPS) is 16.3. The maximum absolute atomic E-state index is 4.70. The van der Waals surface area contributed by atoms with Crippen molar-refractivity contribution in [1.29, 1.82) is 0 Å². The fourth-order valence-electron chi connectivity index (χ4n) is 4.57. The molecule has 7 nitrogen and oxygen atoms in total. The molecule has 1 unspecified atom stereocenters. The van der Waals surface area contributed by atoms with Crippen LogP contribution in [0.25, 0.3) is 44.7 Å². The van der Waals surface area contributed by atoms with Crippen LogP contribution in [-0.4, -0.2) is 42.8 Å². The average molecular weight is 436 g/mol. The molecule has 5 aromatic rings. The topological polar surface area (TPSA) is 84.3 Å². The zero-order chi connectivity index (χ0) is 22.2. The summed E-state index contributed by atoms with van der Waals surface area (Å²) in [5.41, 5.74) is 7.82. The number of fused-ring (bicyclic) bond motifs is 1. The molecule has 4 aromatic heterocycles. The molecular weight excluding hydrogens is 410 g/mol. The average Bonchev–Trinajstić information content (AvgIpc) is 3.54. The summed E-state index contributed by atoms with van der Waals surface area (Å²) in [6, 6.07) is 14.9. The first-order valence-electron chi connectivity index (χ1n) is 11.4. The third-order valence-corrected chi connectivity index (χ3v) is 6.32. The molecule has 1 atom stereocenters. The fourth-order valence-corrected chi connectivity index (χ4v) is 4.57. The van der Waals surface area contributed by atoms with Gasteiger partial charge in [-0.15, -0.1) is 0 Å². The molecule has 5 heterocycles. The minimum atomic E-state index is 0.417. The van der Waals surface area contributed by atoms with E-state index in [1.165, 1.54) is 6.42 Å². The quantitative estimate of drug-likeness (QED) is 0.424. The molecule has 0 radical (unpaired) electrons. The first-order valence-corrected chi connectivity index (χ1v) is 11.4. The molecule has 1 aliphatic rings. The van der Waals surface area contributed by atoms with Gasteiger partial charge < -0.3 is 10.3 Å². The Morgan fingerprint density at radius 1 is 1.00 bits per heavy atom. The summed E-state index contributed by atoms with van der Waals surface area (Å²) >= 11 is 0. The van der Waals surface area contributed by atoms with Crippen LogP contribution < -0.4 is 5.32 Å². The van der Waals surface area contributed by atoms with Gasteiger partial charge in [0.2, 0.25) is 0 Å². The Balaban J connectivity index is 1.36. The van der Waals surface area contributed by atoms with Gasteiger partial charge in [-0.25, -0.2) is 4.98 Å². The highest BCUT2D eigenvalue weighted by Gasteiger charge is 2.17. The van der Waals surface area contributed by atoms with Gasteiger partial charge >= 0.3 is 0 Å². The Bertz CT molecular complexity index is 1430. The van der Waals surface area contributed by atoms with E-state index in [2.05, 4.69) is 54.4 Å². The third kappa shape index (κ3) is 3.81. The van der Waals surface area contributed by atoms with Gasteiger partial charge in [0, 0.05) is 46.7 Å². The lowest BCUT2D eigenvalue weighted by atomic mass is 10.0. The second-order valence-corrected chi connectivity index (χ2v) is 8.63. The second kappa shape index (κ2) is 8.26. The van der Waals surface area contributed by atoms with Crippen molar-refractivity contribution in [3.63, 3.8) is 0 Å². The number of hydrogen-bond acceptors (Lipinski definition) is 5. The molecule has 2 N–H and O–H groups in total. The van der Waals surface area contributed by atoms with Crippen molar-refractivity contribution >= 4 is 10.9 Å². The lowest BCUT2D eigenvalue weighted by Crippen LogP contribution is -2.31. The first kappa shape index (κ1) is 19.8. The third-order valence-electron chi connectivity index (χ3n) is 6.32. The summed E-state index contributed by atoms with van der Waals surface area (Å²) in [6.07, 6.45) is 10.1. The molecule has 1 aromatic carbocycles. The van der Waals surface area contributed by atoms with E-state index in [-0.39, 0.29) is 0 Å². The molecule has 0 aliphatic carbocycles. The van der Waals surface area contributed by atoms with Crippen LogP contribution in [0.5, 0.6) is 0 Å². The van der Waals surface area contributed by atoms with Crippen LogP contribution >= 0.6 is 0 Å². The number of piperidine rings is 1. The highest BCUT2D eigenvalue weighted by molar-refractivity contribution is 5.89. The van der Waals surface area contributed by atoms with Crippen molar-refractivity contribution in [2.75, 3.05) is 13.1 Å². The zero-order valence-corrected chi connectivity index (χ0v) is 18.5. The van der Waals surface area contributed by atoms with Gasteiger partial charge in [-0.3, -0.25) is 14.6 Å². The van der Waals surface area contributed by atoms with Crippen molar-refractivity contribution in [3.8, 4) is 33.8 Å². The van der Waals surface area contributed by atoms with E-state index in [4.69, 9.17) is 4.98 Å². The van der Waals surface area contributed by atoms with Crippen LogP contribution in [0.1, 0.15) is 24.6 Å². The number of nitrogens with one attached hydrogen (secondary N) is 2. The van der Waals surface area contributed by atoms with Crippen LogP contribution in [0.15, 0.2) is 67.4 Å². The second-order valence-electron chi connectivity index (χ2n) is 8.63. The van der Waals surface area contributed by atoms with E-state index in [0.717, 1.165) is 69.9 Å². The lowest BCUT2D eigenvalue weighted by Gasteiger charge is -2.22. The van der Waals surface area contributed by atoms with Gasteiger partial charge in [-0.2, -0.15) is 5.10 Å². The van der Waals surface area contributed by atoms with Crippen LogP contribution in [-0.2, 0) is 0 Å².